The molecule has 0 aliphatic heterocycles. The minimum atomic E-state index is -1.31. The van der Waals surface area contributed by atoms with Crippen LogP contribution in [0.4, 0.5) is 0 Å². The molecule has 0 radical (unpaired) electrons. The van der Waals surface area contributed by atoms with Crippen LogP contribution < -0.4 is 66.7 Å². The maximum atomic E-state index is 15.0. The predicted molar refractivity (Wildman–Crippen MR) is 413 cm³/mol. The standard InChI is InChI=1S/C78H125N15O14/c1-45(2)33-62(93-76(107)59(51(9)95)43-65(96)47(5)35-57-44-88-60-27-14-13-26-58(57)60)67(98)36-48(6)72(103)91-63(34-46(3)4)70(101)42-56(37-49(7)94)75(106)92-64(38-52-21-11-10-12-22-52)69(100)41-55(24-16-18-30-80)74(105)90-61(28-20-32-87-78(84)85)68(99)40-54(23-15-17-29-79)73(104)89-50(8)66(97)39-53(71(81)102)25-19-31-86-77(82)83/h10-14,21-22,26-27,44-51,53-56,59,61-64,88,94-95H,15-20,23-25,28-43,79-80H2,1-9H3,(H2,81,102)(H,89,104)(H,90,105)(H,91,103)(H,92,106)(H,93,107)(H4,82,83,86)(H4,84,85,87)/t47-,48+,49?,50-,51+,53+,54+,55+,56+,59-,61-,62-,63-,64-/m0/s1. The molecule has 0 spiro atoms. The van der Waals surface area contributed by atoms with E-state index in [4.69, 9.17) is 40.1 Å². The Hall–Kier alpha value is -8.80. The lowest BCUT2D eigenvalue weighted by molar-refractivity contribution is -0.137. The highest BCUT2D eigenvalue weighted by molar-refractivity contribution is 5.99. The van der Waals surface area contributed by atoms with Crippen LogP contribution in [0.1, 0.15) is 195 Å². The Morgan fingerprint density at radius 3 is 1.42 bits per heavy atom. The fraction of sp³-hybridized carbons (Fsp3) is 0.641. The smallest absolute Gasteiger partial charge is 0.226 e. The number of carbonyl (C=O) groups is 12. The zero-order chi connectivity index (χ0) is 80.0. The minimum Gasteiger partial charge on any atom is -0.393 e. The van der Waals surface area contributed by atoms with Crippen LogP contribution in [-0.2, 0) is 70.4 Å². The van der Waals surface area contributed by atoms with Crippen molar-refractivity contribution in [3.63, 3.8) is 0 Å². The molecule has 107 heavy (non-hydrogen) atoms. The number of fused-ring (bicyclic) bond motifs is 1. The van der Waals surface area contributed by atoms with Crippen LogP contribution in [-0.4, -0.2) is 166 Å². The lowest BCUT2D eigenvalue weighted by Crippen LogP contribution is -2.50. The highest BCUT2D eigenvalue weighted by Gasteiger charge is 2.38. The fourth-order valence-corrected chi connectivity index (χ4v) is 13.0. The molecule has 0 aliphatic rings. The first-order valence-corrected chi connectivity index (χ1v) is 38.0. The van der Waals surface area contributed by atoms with Crippen molar-refractivity contribution in [3.05, 3.63) is 71.9 Å². The Kier molecular flexibility index (Phi) is 41.9. The fourth-order valence-electron chi connectivity index (χ4n) is 13.0. The van der Waals surface area contributed by atoms with Gasteiger partial charge in [0.2, 0.25) is 35.4 Å². The monoisotopic (exact) mass is 1500 g/mol. The van der Waals surface area contributed by atoms with Crippen LogP contribution >= 0.6 is 0 Å². The van der Waals surface area contributed by atoms with Gasteiger partial charge in [0.15, 0.2) is 40.8 Å². The second kappa shape index (κ2) is 48.5. The van der Waals surface area contributed by atoms with Crippen molar-refractivity contribution < 1.29 is 67.7 Å². The molecule has 596 valence electrons. The quantitative estimate of drug-likeness (QED) is 0.0218. The van der Waals surface area contributed by atoms with E-state index in [1.807, 2.05) is 58.2 Å². The Morgan fingerprint density at radius 2 is 0.888 bits per heavy atom. The summed E-state index contributed by atoms with van der Waals surface area (Å²) in [6.07, 6.45) is 0.394. The number of hydrogen-bond donors (Lipinski definition) is 15. The summed E-state index contributed by atoms with van der Waals surface area (Å²) in [5.74, 6) is -14.6. The molecule has 22 N–H and O–H groups in total. The average Bonchev–Trinajstić information content (AvgIpc) is 1.75. The Balaban J connectivity index is 1.89. The van der Waals surface area contributed by atoms with Gasteiger partial charge in [0.1, 0.15) is 5.78 Å². The third kappa shape index (κ3) is 34.8. The molecule has 1 aromatic heterocycles. The number of ketones is 6. The molecular formula is C78H125N15O14. The second-order valence-corrected chi connectivity index (χ2v) is 29.9. The Labute approximate surface area is 630 Å². The SMILES string of the molecule is CC(C)C[C@H](NC(=O)[C@H](C)CC(=O)[C@H](CC(C)C)NC(=O)[C@@H](CC(=O)[C@@H](C)Cc1c[nH]c2ccccc12)[C@@H](C)O)C(=O)C[C@@H](CC(C)O)C(=O)N[C@@H](Cc1ccccc1)C(=O)C[C@@H](CCCCN)C(=O)N[C@@H](CCCN=C(N)N)C(=O)C[C@@H](CCCCN)C(=O)N[C@@H](C)C(=O)C[C@@H](CCCN=C(N)N)C(N)=O. The van der Waals surface area contributed by atoms with Gasteiger partial charge in [-0.25, -0.2) is 0 Å². The third-order valence-electron chi connectivity index (χ3n) is 19.3. The molecule has 0 saturated heterocycles. The molecule has 14 atom stereocenters. The number of primary amides is 1. The number of para-hydroxylation sites is 1. The zero-order valence-corrected chi connectivity index (χ0v) is 64.4. The van der Waals surface area contributed by atoms with Gasteiger partial charge in [-0.1, -0.05) is 103 Å². The number of aromatic amines is 1. The van der Waals surface area contributed by atoms with Gasteiger partial charge in [-0.15, -0.1) is 0 Å². The molecule has 3 aromatic rings. The number of guanidine groups is 2. The van der Waals surface area contributed by atoms with Gasteiger partial charge in [0, 0.05) is 104 Å². The number of unbranched alkanes of at least 4 members (excludes halogenated alkanes) is 2. The lowest BCUT2D eigenvalue weighted by atomic mass is 9.87. The topological polar surface area (TPSA) is 528 Å². The van der Waals surface area contributed by atoms with Gasteiger partial charge >= 0.3 is 0 Å². The molecule has 1 unspecified atom stereocenters. The van der Waals surface area contributed by atoms with Crippen molar-refractivity contribution in [2.45, 2.75) is 240 Å². The molecule has 29 nitrogen and oxygen atoms in total. The second-order valence-electron chi connectivity index (χ2n) is 29.9. The minimum absolute atomic E-state index is 0.00200. The van der Waals surface area contributed by atoms with Crippen LogP contribution in [0.2, 0.25) is 0 Å². The van der Waals surface area contributed by atoms with Gasteiger partial charge in [0.25, 0.3) is 0 Å². The van der Waals surface area contributed by atoms with Crippen LogP contribution in [0.15, 0.2) is 70.8 Å². The number of aliphatic hydroxyl groups is 2. The summed E-state index contributed by atoms with van der Waals surface area (Å²) in [5.41, 5.74) is 41.9. The number of nitrogens with zero attached hydrogens (tertiary/aromatic N) is 2. The Morgan fingerprint density at radius 1 is 0.430 bits per heavy atom. The molecule has 0 saturated carbocycles. The molecule has 0 fully saturated rings. The van der Waals surface area contributed by atoms with Crippen molar-refractivity contribution in [3.8, 4) is 0 Å². The molecule has 1 heterocycles. The van der Waals surface area contributed by atoms with E-state index in [2.05, 4.69) is 41.6 Å². The van der Waals surface area contributed by atoms with E-state index < -0.39 is 167 Å². The number of aliphatic hydroxyl groups excluding tert-OH is 2. The van der Waals surface area contributed by atoms with Gasteiger partial charge in [0.05, 0.1) is 48.3 Å². The highest BCUT2D eigenvalue weighted by Crippen LogP contribution is 2.27. The number of nitrogens with two attached hydrogens (primary N) is 7. The number of amides is 6. The van der Waals surface area contributed by atoms with Gasteiger partial charge in [-0.2, -0.15) is 0 Å². The molecule has 29 heteroatoms. The summed E-state index contributed by atoms with van der Waals surface area (Å²) in [6, 6.07) is 10.5. The molecule has 6 amide bonds. The van der Waals surface area contributed by atoms with Crippen LogP contribution in [0, 0.1) is 53.3 Å². The lowest BCUT2D eigenvalue weighted by Gasteiger charge is -2.27. The summed E-state index contributed by atoms with van der Waals surface area (Å²) in [7, 11) is 0. The van der Waals surface area contributed by atoms with Crippen molar-refractivity contribution in [1.82, 2.24) is 31.6 Å². The first-order chi connectivity index (χ1) is 50.5. The molecule has 3 rings (SSSR count). The maximum Gasteiger partial charge on any atom is 0.226 e. The summed E-state index contributed by atoms with van der Waals surface area (Å²) < 4.78 is 0. The number of Topliss-reactive ketones (excluding diaryl/α,β-unsaturated/α-hetero) is 6. The van der Waals surface area contributed by atoms with Crippen LogP contribution in [0.3, 0.4) is 0 Å². The largest absolute Gasteiger partial charge is 0.393 e. The molecule has 2 aromatic carbocycles. The maximum absolute atomic E-state index is 15.0. The molecule has 0 aliphatic carbocycles. The molecule has 0 bridgehead atoms. The van der Waals surface area contributed by atoms with E-state index in [1.165, 1.54) is 27.7 Å². The van der Waals surface area contributed by atoms with E-state index in [1.54, 1.807) is 37.3 Å². The summed E-state index contributed by atoms with van der Waals surface area (Å²) in [6.45, 7) is 15.8. The number of benzene rings is 2. The number of nitrogens with one attached hydrogen (secondary N) is 6. The number of H-pyrrole nitrogens is 1. The van der Waals surface area contributed by atoms with Crippen molar-refractivity contribution in [2.24, 2.45) is 103 Å². The van der Waals surface area contributed by atoms with Crippen LogP contribution in [0.25, 0.3) is 10.9 Å². The van der Waals surface area contributed by atoms with E-state index in [9.17, 15) is 63.0 Å². The summed E-state index contributed by atoms with van der Waals surface area (Å²) >= 11 is 0. The zero-order valence-electron chi connectivity index (χ0n) is 64.4. The number of rotatable bonds is 56. The van der Waals surface area contributed by atoms with E-state index >= 15 is 4.79 Å². The summed E-state index contributed by atoms with van der Waals surface area (Å²) in [5, 5.41) is 36.7. The van der Waals surface area contributed by atoms with E-state index in [-0.39, 0.29) is 133 Å². The van der Waals surface area contributed by atoms with Gasteiger partial charge < -0.3 is 81.9 Å². The first-order valence-electron chi connectivity index (χ1n) is 38.0. The predicted octanol–water partition coefficient (Wildman–Crippen LogP) is 3.60. The normalized spacial score (nSPS) is 15.4. The highest BCUT2D eigenvalue weighted by atomic mass is 16.3. The van der Waals surface area contributed by atoms with Gasteiger partial charge in [-0.3, -0.25) is 67.5 Å². The summed E-state index contributed by atoms with van der Waals surface area (Å²) in [4.78, 5) is 181. The first kappa shape index (κ1) is 92.4. The number of aliphatic imine (C=N–C) groups is 2. The van der Waals surface area contributed by atoms with Crippen molar-refractivity contribution >= 4 is 93.0 Å². The number of carbonyl (C=O) groups excluding carboxylic acids is 12. The third-order valence-corrected chi connectivity index (χ3v) is 19.3. The van der Waals surface area contributed by atoms with Crippen molar-refractivity contribution in [1.29, 1.82) is 0 Å². The Bertz CT molecular complexity index is 3420. The number of hydrogen-bond acceptors (Lipinski definition) is 18. The van der Waals surface area contributed by atoms with Gasteiger partial charge in [-0.05, 0) is 146 Å². The number of aromatic nitrogens is 1. The average molecular weight is 1500 g/mol. The van der Waals surface area contributed by atoms with Crippen molar-refractivity contribution in [2.75, 3.05) is 26.2 Å². The molecular weight excluding hydrogens is 1370 g/mol. The van der Waals surface area contributed by atoms with E-state index in [0.717, 1.165) is 16.5 Å². The van der Waals surface area contributed by atoms with Crippen LogP contribution in [0.5, 0.6) is 0 Å². The van der Waals surface area contributed by atoms with E-state index in [0.29, 0.717) is 44.1 Å².